The van der Waals surface area contributed by atoms with Crippen LogP contribution in [0.5, 0.6) is 11.5 Å². The molecule has 1 fully saturated rings. The highest BCUT2D eigenvalue weighted by molar-refractivity contribution is 5.90. The predicted octanol–water partition coefficient (Wildman–Crippen LogP) is 1.93. The van der Waals surface area contributed by atoms with Gasteiger partial charge >= 0.3 is 12.0 Å². The van der Waals surface area contributed by atoms with Crippen molar-refractivity contribution in [2.24, 2.45) is 0 Å². The number of carbonyl (C=O) groups excluding carboxylic acids is 1. The molecule has 112 valence electrons. The monoisotopic (exact) mass is 292 g/mol. The van der Waals surface area contributed by atoms with E-state index in [4.69, 9.17) is 14.6 Å². The maximum atomic E-state index is 12.0. The summed E-state index contributed by atoms with van der Waals surface area (Å²) in [5.74, 6) is 0.317. The van der Waals surface area contributed by atoms with E-state index in [0.29, 0.717) is 30.0 Å². The van der Waals surface area contributed by atoms with Crippen molar-refractivity contribution in [2.45, 2.75) is 31.2 Å². The Labute approximate surface area is 121 Å². The second-order valence-electron chi connectivity index (χ2n) is 5.35. The molecule has 0 saturated heterocycles. The summed E-state index contributed by atoms with van der Waals surface area (Å²) in [6, 6.07) is 4.69. The first-order valence-corrected chi connectivity index (χ1v) is 6.77. The van der Waals surface area contributed by atoms with Gasteiger partial charge in [-0.05, 0) is 31.4 Å². The molecule has 1 aromatic rings. The Kier molecular flexibility index (Phi) is 3.32. The molecule has 7 nitrogen and oxygen atoms in total. The van der Waals surface area contributed by atoms with E-state index in [1.807, 2.05) is 0 Å². The molecule has 0 aromatic heterocycles. The molecule has 0 radical (unpaired) electrons. The first-order chi connectivity index (χ1) is 10.1. The summed E-state index contributed by atoms with van der Waals surface area (Å²) < 4.78 is 10.4. The number of anilines is 1. The number of hydrogen-bond acceptors (Lipinski definition) is 4. The first kappa shape index (κ1) is 13.5. The summed E-state index contributed by atoms with van der Waals surface area (Å²) in [5.41, 5.74) is -0.0479. The van der Waals surface area contributed by atoms with Gasteiger partial charge in [0, 0.05) is 11.8 Å². The lowest BCUT2D eigenvalue weighted by Gasteiger charge is -2.41. The molecule has 3 rings (SSSR count). The van der Waals surface area contributed by atoms with E-state index in [-0.39, 0.29) is 13.2 Å². The highest BCUT2D eigenvalue weighted by Gasteiger charge is 2.40. The number of hydrogen-bond donors (Lipinski definition) is 3. The lowest BCUT2D eigenvalue weighted by atomic mass is 9.74. The summed E-state index contributed by atoms with van der Waals surface area (Å²) in [7, 11) is 0. The van der Waals surface area contributed by atoms with Crippen LogP contribution in [-0.2, 0) is 4.79 Å². The largest absolute Gasteiger partial charge is 0.481 e. The van der Waals surface area contributed by atoms with Crippen LogP contribution in [0.3, 0.4) is 0 Å². The van der Waals surface area contributed by atoms with Gasteiger partial charge in [-0.1, -0.05) is 0 Å². The van der Waals surface area contributed by atoms with Crippen molar-refractivity contribution in [1.29, 1.82) is 0 Å². The molecule has 1 saturated carbocycles. The van der Waals surface area contributed by atoms with Crippen molar-refractivity contribution in [1.82, 2.24) is 5.32 Å². The number of carboxylic acids is 1. The van der Waals surface area contributed by atoms with Crippen molar-refractivity contribution in [3.63, 3.8) is 0 Å². The Morgan fingerprint density at radius 1 is 1.24 bits per heavy atom. The van der Waals surface area contributed by atoms with Crippen LogP contribution in [0.15, 0.2) is 18.2 Å². The summed E-state index contributed by atoms with van der Waals surface area (Å²) in [6.07, 6.45) is 2.25. The Bertz CT molecular complexity index is 583. The number of ether oxygens (including phenoxy) is 2. The van der Waals surface area contributed by atoms with Crippen LogP contribution >= 0.6 is 0 Å². The average Bonchev–Trinajstić information content (AvgIpc) is 2.82. The second-order valence-corrected chi connectivity index (χ2v) is 5.35. The quantitative estimate of drug-likeness (QED) is 0.788. The number of rotatable bonds is 4. The van der Waals surface area contributed by atoms with E-state index in [1.165, 1.54) is 0 Å². The zero-order chi connectivity index (χ0) is 14.9. The lowest BCUT2D eigenvalue weighted by molar-refractivity contribution is -0.139. The van der Waals surface area contributed by atoms with Gasteiger partial charge in [0.05, 0.1) is 12.0 Å². The number of urea groups is 1. The SMILES string of the molecule is O=C(O)CC1(NC(=O)Nc2ccc3c(c2)OCO3)CCC1. The van der Waals surface area contributed by atoms with Crippen molar-refractivity contribution in [2.75, 3.05) is 12.1 Å². The van der Waals surface area contributed by atoms with Crippen LogP contribution in [-0.4, -0.2) is 29.4 Å². The number of nitrogens with one attached hydrogen (secondary N) is 2. The van der Waals surface area contributed by atoms with Gasteiger partial charge in [0.1, 0.15) is 0 Å². The zero-order valence-corrected chi connectivity index (χ0v) is 11.3. The molecule has 0 bridgehead atoms. The Hall–Kier alpha value is -2.44. The number of amides is 2. The van der Waals surface area contributed by atoms with Crippen LogP contribution in [0.1, 0.15) is 25.7 Å². The van der Waals surface area contributed by atoms with Crippen molar-refractivity contribution >= 4 is 17.7 Å². The molecule has 21 heavy (non-hydrogen) atoms. The maximum absolute atomic E-state index is 12.0. The van der Waals surface area contributed by atoms with Crippen molar-refractivity contribution in [3.8, 4) is 11.5 Å². The van der Waals surface area contributed by atoms with Crippen LogP contribution in [0.4, 0.5) is 10.5 Å². The molecular formula is C14H16N2O5. The number of aliphatic carboxylic acids is 1. The van der Waals surface area contributed by atoms with Gasteiger partial charge < -0.3 is 25.2 Å². The van der Waals surface area contributed by atoms with Gasteiger partial charge in [-0.3, -0.25) is 4.79 Å². The molecule has 0 unspecified atom stereocenters. The smallest absolute Gasteiger partial charge is 0.319 e. The summed E-state index contributed by atoms with van der Waals surface area (Å²) in [5, 5.41) is 14.4. The third kappa shape index (κ3) is 2.86. The number of fused-ring (bicyclic) bond motifs is 1. The summed E-state index contributed by atoms with van der Waals surface area (Å²) >= 11 is 0. The maximum Gasteiger partial charge on any atom is 0.319 e. The number of carbonyl (C=O) groups is 2. The molecule has 1 aromatic carbocycles. The topological polar surface area (TPSA) is 96.9 Å². The molecule has 1 heterocycles. The highest BCUT2D eigenvalue weighted by atomic mass is 16.7. The molecule has 2 amide bonds. The predicted molar refractivity (Wildman–Crippen MR) is 73.6 cm³/mol. The fourth-order valence-corrected chi connectivity index (χ4v) is 2.62. The van der Waals surface area contributed by atoms with Crippen molar-refractivity contribution in [3.05, 3.63) is 18.2 Å². The van der Waals surface area contributed by atoms with E-state index in [9.17, 15) is 9.59 Å². The standard InChI is InChI=1S/C14H16N2O5/c17-12(18)7-14(4-1-5-14)16-13(19)15-9-2-3-10-11(6-9)21-8-20-10/h2-3,6H,1,4-5,7-8H2,(H,17,18)(H2,15,16,19). The van der Waals surface area contributed by atoms with Crippen LogP contribution in [0.25, 0.3) is 0 Å². The molecule has 0 atom stereocenters. The van der Waals surface area contributed by atoms with Crippen LogP contribution < -0.4 is 20.1 Å². The minimum atomic E-state index is -0.905. The third-order valence-electron chi connectivity index (χ3n) is 3.81. The van der Waals surface area contributed by atoms with E-state index in [2.05, 4.69) is 10.6 Å². The average molecular weight is 292 g/mol. The van der Waals surface area contributed by atoms with Gasteiger partial charge in [0.2, 0.25) is 6.79 Å². The molecule has 1 aliphatic heterocycles. The molecule has 1 aliphatic carbocycles. The molecular weight excluding hydrogens is 276 g/mol. The van der Waals surface area contributed by atoms with Crippen molar-refractivity contribution < 1.29 is 24.2 Å². The summed E-state index contributed by atoms with van der Waals surface area (Å²) in [4.78, 5) is 22.9. The second kappa shape index (κ2) is 5.16. The summed E-state index contributed by atoms with van der Waals surface area (Å²) in [6.45, 7) is 0.173. The van der Waals surface area contributed by atoms with E-state index >= 15 is 0 Å². The minimum absolute atomic E-state index is 0.0540. The fraction of sp³-hybridized carbons (Fsp3) is 0.429. The van der Waals surface area contributed by atoms with E-state index in [0.717, 1.165) is 6.42 Å². The molecule has 0 spiro atoms. The Morgan fingerprint density at radius 3 is 2.67 bits per heavy atom. The normalized spacial score (nSPS) is 17.7. The van der Waals surface area contributed by atoms with Gasteiger partial charge in [-0.15, -0.1) is 0 Å². The lowest BCUT2D eigenvalue weighted by Crippen LogP contribution is -2.55. The zero-order valence-electron chi connectivity index (χ0n) is 11.3. The molecule has 7 heteroatoms. The van der Waals surface area contributed by atoms with E-state index < -0.39 is 17.5 Å². The van der Waals surface area contributed by atoms with Gasteiger partial charge in [0.25, 0.3) is 0 Å². The third-order valence-corrected chi connectivity index (χ3v) is 3.81. The van der Waals surface area contributed by atoms with Gasteiger partial charge in [0.15, 0.2) is 11.5 Å². The number of carboxylic acid groups (broad SMARTS) is 1. The van der Waals surface area contributed by atoms with Gasteiger partial charge in [-0.2, -0.15) is 0 Å². The van der Waals surface area contributed by atoms with E-state index in [1.54, 1.807) is 18.2 Å². The first-order valence-electron chi connectivity index (χ1n) is 6.77. The Balaban J connectivity index is 1.62. The molecule has 2 aliphatic rings. The molecule has 3 N–H and O–H groups in total. The van der Waals surface area contributed by atoms with Gasteiger partial charge in [-0.25, -0.2) is 4.79 Å². The Morgan fingerprint density at radius 2 is 2.00 bits per heavy atom. The highest BCUT2D eigenvalue weighted by Crippen LogP contribution is 2.36. The fourth-order valence-electron chi connectivity index (χ4n) is 2.62. The minimum Gasteiger partial charge on any atom is -0.481 e. The van der Waals surface area contributed by atoms with Crippen LogP contribution in [0.2, 0.25) is 0 Å². The number of benzene rings is 1. The van der Waals surface area contributed by atoms with Crippen LogP contribution in [0, 0.1) is 0 Å².